The number of para-hydroxylation sites is 2. The maximum Gasteiger partial charge on any atom is 0.287 e. The second-order valence-electron chi connectivity index (χ2n) is 8.82. The highest BCUT2D eigenvalue weighted by Crippen LogP contribution is 2.32. The third-order valence-corrected chi connectivity index (χ3v) is 6.14. The summed E-state index contributed by atoms with van der Waals surface area (Å²) in [5.74, 6) is 1.59. The van der Waals surface area contributed by atoms with Gasteiger partial charge in [-0.05, 0) is 55.0 Å². The number of rotatable bonds is 8. The van der Waals surface area contributed by atoms with Crippen LogP contribution < -0.4 is 15.0 Å². The van der Waals surface area contributed by atoms with Crippen LogP contribution >= 0.6 is 0 Å². The first-order valence-electron chi connectivity index (χ1n) is 12.6. The van der Waals surface area contributed by atoms with Gasteiger partial charge < -0.3 is 13.9 Å². The zero-order valence-electron chi connectivity index (χ0n) is 21.6. The Labute approximate surface area is 232 Å². The van der Waals surface area contributed by atoms with E-state index in [-0.39, 0.29) is 23.0 Å². The SMILES string of the molecule is CCOc1cc(C=Nn2c(-c3cc4ccccc4o3)nc3ccccc3c2=O)ccc1Oc1ccc([N+](=O)[O-])cn1. The highest BCUT2D eigenvalue weighted by molar-refractivity contribution is 5.85. The fourth-order valence-corrected chi connectivity index (χ4v) is 4.22. The van der Waals surface area contributed by atoms with Crippen molar-refractivity contribution in [2.75, 3.05) is 6.61 Å². The van der Waals surface area contributed by atoms with Crippen LogP contribution in [0.5, 0.6) is 17.4 Å². The van der Waals surface area contributed by atoms with Crippen molar-refractivity contribution < 1.29 is 18.8 Å². The molecule has 0 spiro atoms. The minimum atomic E-state index is -0.535. The number of pyridine rings is 1. The van der Waals surface area contributed by atoms with Crippen LogP contribution in [-0.2, 0) is 0 Å². The van der Waals surface area contributed by atoms with Crippen molar-refractivity contribution in [1.29, 1.82) is 0 Å². The van der Waals surface area contributed by atoms with Gasteiger partial charge in [0, 0.05) is 17.5 Å². The van der Waals surface area contributed by atoms with Crippen LogP contribution in [0.2, 0.25) is 0 Å². The van der Waals surface area contributed by atoms with E-state index in [1.165, 1.54) is 23.0 Å². The molecule has 202 valence electrons. The van der Waals surface area contributed by atoms with Crippen molar-refractivity contribution in [2.24, 2.45) is 5.10 Å². The molecule has 3 aromatic carbocycles. The molecular formula is C30H21N5O6. The molecule has 6 rings (SSSR count). The van der Waals surface area contributed by atoms with Gasteiger partial charge in [0.2, 0.25) is 11.7 Å². The molecule has 0 bridgehead atoms. The van der Waals surface area contributed by atoms with Gasteiger partial charge in [-0.25, -0.2) is 9.97 Å². The fourth-order valence-electron chi connectivity index (χ4n) is 4.22. The van der Waals surface area contributed by atoms with Gasteiger partial charge in [0.05, 0.1) is 28.6 Å². The van der Waals surface area contributed by atoms with Crippen LogP contribution in [0.15, 0.2) is 105 Å². The van der Waals surface area contributed by atoms with E-state index in [0.29, 0.717) is 45.9 Å². The molecule has 11 nitrogen and oxygen atoms in total. The molecule has 0 aliphatic rings. The smallest absolute Gasteiger partial charge is 0.287 e. The first-order chi connectivity index (χ1) is 20.0. The number of nitro groups is 1. The lowest BCUT2D eigenvalue weighted by Gasteiger charge is -2.12. The van der Waals surface area contributed by atoms with Gasteiger partial charge in [-0.3, -0.25) is 14.9 Å². The minimum absolute atomic E-state index is 0.144. The Balaban J connectivity index is 1.38. The molecule has 0 unspecified atom stereocenters. The first-order valence-corrected chi connectivity index (χ1v) is 12.6. The summed E-state index contributed by atoms with van der Waals surface area (Å²) in [7, 11) is 0. The van der Waals surface area contributed by atoms with E-state index in [9.17, 15) is 14.9 Å². The second kappa shape index (κ2) is 10.7. The van der Waals surface area contributed by atoms with E-state index in [1.807, 2.05) is 43.3 Å². The molecule has 41 heavy (non-hydrogen) atoms. The molecule has 3 aromatic heterocycles. The van der Waals surface area contributed by atoms with Crippen molar-refractivity contribution in [2.45, 2.75) is 6.92 Å². The van der Waals surface area contributed by atoms with Gasteiger partial charge in [-0.15, -0.1) is 0 Å². The Kier molecular flexibility index (Phi) is 6.66. The summed E-state index contributed by atoms with van der Waals surface area (Å²) in [4.78, 5) is 32.6. The van der Waals surface area contributed by atoms with E-state index in [2.05, 4.69) is 10.1 Å². The number of fused-ring (bicyclic) bond motifs is 2. The lowest BCUT2D eigenvalue weighted by molar-refractivity contribution is -0.385. The highest BCUT2D eigenvalue weighted by Gasteiger charge is 2.17. The number of nitrogens with zero attached hydrogens (tertiary/aromatic N) is 5. The molecule has 0 N–H and O–H groups in total. The molecule has 0 atom stereocenters. The van der Waals surface area contributed by atoms with E-state index in [1.54, 1.807) is 36.4 Å². The standard InChI is InChI=1S/C30H21N5O6/c1-2-39-26-15-19(11-13-25(26)41-28-14-12-21(18-31-28)35(37)38)17-32-34-29(27-16-20-7-3-6-10-24(20)40-27)33-23-9-5-4-8-22(23)30(34)36/h3-18H,2H2,1H3. The summed E-state index contributed by atoms with van der Waals surface area (Å²) in [5, 5.41) is 16.7. The molecule has 3 heterocycles. The zero-order valence-corrected chi connectivity index (χ0v) is 21.6. The van der Waals surface area contributed by atoms with Gasteiger partial charge in [-0.2, -0.15) is 9.78 Å². The van der Waals surface area contributed by atoms with Crippen LogP contribution in [0, 0.1) is 10.1 Å². The molecule has 0 fully saturated rings. The highest BCUT2D eigenvalue weighted by atomic mass is 16.6. The predicted molar refractivity (Wildman–Crippen MR) is 153 cm³/mol. The Morgan fingerprint density at radius 3 is 2.63 bits per heavy atom. The third-order valence-electron chi connectivity index (χ3n) is 6.14. The number of furan rings is 1. The van der Waals surface area contributed by atoms with Crippen molar-refractivity contribution >= 4 is 33.8 Å². The Bertz CT molecular complexity index is 1960. The molecule has 0 amide bonds. The number of ether oxygens (including phenoxy) is 2. The lowest BCUT2D eigenvalue weighted by atomic mass is 10.2. The van der Waals surface area contributed by atoms with Gasteiger partial charge in [0.1, 0.15) is 11.8 Å². The zero-order chi connectivity index (χ0) is 28.3. The maximum absolute atomic E-state index is 13.5. The molecule has 11 heteroatoms. The average molecular weight is 548 g/mol. The Hall–Kier alpha value is -5.84. The quantitative estimate of drug-likeness (QED) is 0.125. The predicted octanol–water partition coefficient (Wildman–Crippen LogP) is 6.19. The number of aromatic nitrogens is 3. The van der Waals surface area contributed by atoms with Crippen LogP contribution in [0.1, 0.15) is 12.5 Å². The summed E-state index contributed by atoms with van der Waals surface area (Å²) in [6, 6.07) is 24.2. The van der Waals surface area contributed by atoms with E-state index in [0.717, 1.165) is 11.6 Å². The fraction of sp³-hybridized carbons (Fsp3) is 0.0667. The van der Waals surface area contributed by atoms with Crippen molar-refractivity contribution in [3.63, 3.8) is 0 Å². The van der Waals surface area contributed by atoms with Crippen LogP contribution in [0.25, 0.3) is 33.5 Å². The first kappa shape index (κ1) is 25.4. The van der Waals surface area contributed by atoms with Crippen LogP contribution in [0.4, 0.5) is 5.69 Å². The van der Waals surface area contributed by atoms with E-state index >= 15 is 0 Å². The third kappa shape index (κ3) is 5.11. The molecule has 0 saturated heterocycles. The summed E-state index contributed by atoms with van der Waals surface area (Å²) < 4.78 is 18.8. The van der Waals surface area contributed by atoms with Crippen molar-refractivity contribution in [1.82, 2.24) is 14.6 Å². The van der Waals surface area contributed by atoms with Crippen LogP contribution in [0.3, 0.4) is 0 Å². The van der Waals surface area contributed by atoms with E-state index in [4.69, 9.17) is 18.9 Å². The van der Waals surface area contributed by atoms with Gasteiger partial charge >= 0.3 is 0 Å². The monoisotopic (exact) mass is 547 g/mol. The van der Waals surface area contributed by atoms with Crippen LogP contribution in [-0.4, -0.2) is 32.4 Å². The number of hydrogen-bond donors (Lipinski definition) is 0. The molecule has 0 radical (unpaired) electrons. The lowest BCUT2D eigenvalue weighted by Crippen LogP contribution is -2.20. The van der Waals surface area contributed by atoms with Crippen molar-refractivity contribution in [3.8, 4) is 29.0 Å². The largest absolute Gasteiger partial charge is 0.490 e. The van der Waals surface area contributed by atoms with Gasteiger partial charge in [0.15, 0.2) is 17.3 Å². The summed E-state index contributed by atoms with van der Waals surface area (Å²) in [5.41, 5.74) is 1.32. The van der Waals surface area contributed by atoms with E-state index < -0.39 is 4.92 Å². The Morgan fingerprint density at radius 2 is 1.85 bits per heavy atom. The number of benzene rings is 3. The molecule has 6 aromatic rings. The van der Waals surface area contributed by atoms with Gasteiger partial charge in [-0.1, -0.05) is 30.3 Å². The molecular weight excluding hydrogens is 526 g/mol. The second-order valence-corrected chi connectivity index (χ2v) is 8.82. The Morgan fingerprint density at radius 1 is 1.02 bits per heavy atom. The average Bonchev–Trinajstić information content (AvgIpc) is 3.42. The molecule has 0 aliphatic carbocycles. The van der Waals surface area contributed by atoms with Crippen molar-refractivity contribution in [3.05, 3.63) is 117 Å². The molecule has 0 aliphatic heterocycles. The number of hydrogen-bond acceptors (Lipinski definition) is 9. The molecule has 0 saturated carbocycles. The summed E-state index contributed by atoms with van der Waals surface area (Å²) >= 11 is 0. The normalized spacial score (nSPS) is 11.3. The van der Waals surface area contributed by atoms with Gasteiger partial charge in [0.25, 0.3) is 11.2 Å². The minimum Gasteiger partial charge on any atom is -0.490 e. The maximum atomic E-state index is 13.5. The summed E-state index contributed by atoms with van der Waals surface area (Å²) in [6.07, 6.45) is 2.63. The summed E-state index contributed by atoms with van der Waals surface area (Å²) in [6.45, 7) is 2.18. The topological polar surface area (TPSA) is 135 Å².